The minimum Gasteiger partial charge on any atom is -0.465 e. The molecule has 0 amide bonds. The van der Waals surface area contributed by atoms with E-state index in [1.165, 1.54) is 0 Å². The number of halogens is 1. The molecule has 1 saturated heterocycles. The van der Waals surface area contributed by atoms with Gasteiger partial charge < -0.3 is 9.52 Å². The molecular formula is C11H15BrO2S. The van der Waals surface area contributed by atoms with Crippen molar-refractivity contribution in [2.45, 2.75) is 25.9 Å². The Morgan fingerprint density at radius 3 is 2.80 bits per heavy atom. The second-order valence-electron chi connectivity index (χ2n) is 4.64. The molecule has 4 heteroatoms. The molecule has 84 valence electrons. The summed E-state index contributed by atoms with van der Waals surface area (Å²) in [5, 5.41) is 10.8. The zero-order chi connectivity index (χ0) is 11.1. The summed E-state index contributed by atoms with van der Waals surface area (Å²) in [4.78, 5) is 0. The maximum absolute atomic E-state index is 10.8. The normalized spacial score (nSPS) is 30.4. The van der Waals surface area contributed by atoms with Crippen LogP contribution in [0.15, 0.2) is 21.2 Å². The minimum absolute atomic E-state index is 0.140. The van der Waals surface area contributed by atoms with E-state index in [0.29, 0.717) is 11.5 Å². The maximum Gasteiger partial charge on any atom is 0.150 e. The summed E-state index contributed by atoms with van der Waals surface area (Å²) < 4.78 is 6.29. The monoisotopic (exact) mass is 290 g/mol. The van der Waals surface area contributed by atoms with Crippen LogP contribution in [-0.2, 0) is 5.60 Å². The van der Waals surface area contributed by atoms with E-state index >= 15 is 0 Å². The molecule has 1 fully saturated rings. The van der Waals surface area contributed by atoms with Crippen molar-refractivity contribution in [3.8, 4) is 0 Å². The Kier molecular flexibility index (Phi) is 2.95. The Morgan fingerprint density at radius 1 is 1.53 bits per heavy atom. The van der Waals surface area contributed by atoms with Gasteiger partial charge in [0.05, 0.1) is 10.7 Å². The molecule has 0 spiro atoms. The average molecular weight is 291 g/mol. The number of aliphatic hydroxyl groups is 1. The van der Waals surface area contributed by atoms with Crippen LogP contribution in [0.25, 0.3) is 0 Å². The third-order valence-corrected chi connectivity index (χ3v) is 5.03. The summed E-state index contributed by atoms with van der Waals surface area (Å²) in [7, 11) is 0. The highest BCUT2D eigenvalue weighted by molar-refractivity contribution is 9.10. The van der Waals surface area contributed by atoms with Crippen LogP contribution in [0.1, 0.15) is 26.0 Å². The van der Waals surface area contributed by atoms with Crippen molar-refractivity contribution < 1.29 is 9.52 Å². The SMILES string of the molecule is CC1(C)CCSCC1(O)c1occc1Br. The largest absolute Gasteiger partial charge is 0.465 e. The highest BCUT2D eigenvalue weighted by Crippen LogP contribution is 2.50. The van der Waals surface area contributed by atoms with Gasteiger partial charge in [-0.3, -0.25) is 0 Å². The summed E-state index contributed by atoms with van der Waals surface area (Å²) >= 11 is 5.21. The molecule has 1 aliphatic heterocycles. The topological polar surface area (TPSA) is 33.4 Å². The maximum atomic E-state index is 10.8. The van der Waals surface area contributed by atoms with Crippen LogP contribution >= 0.6 is 27.7 Å². The molecule has 2 heterocycles. The zero-order valence-corrected chi connectivity index (χ0v) is 11.3. The standard InChI is InChI=1S/C11H15BrO2S/c1-10(2)4-6-15-7-11(10,13)9-8(12)3-5-14-9/h3,5,13H,4,6-7H2,1-2H3. The lowest BCUT2D eigenvalue weighted by Crippen LogP contribution is -2.47. The van der Waals surface area contributed by atoms with E-state index in [0.717, 1.165) is 16.6 Å². The Balaban J connectivity index is 2.44. The second kappa shape index (κ2) is 3.82. The summed E-state index contributed by atoms with van der Waals surface area (Å²) in [6, 6.07) is 1.84. The van der Waals surface area contributed by atoms with Crippen molar-refractivity contribution >= 4 is 27.7 Å². The van der Waals surface area contributed by atoms with Gasteiger partial charge in [0, 0.05) is 11.2 Å². The number of thioether (sulfide) groups is 1. The summed E-state index contributed by atoms with van der Waals surface area (Å²) in [5.74, 6) is 2.47. The summed E-state index contributed by atoms with van der Waals surface area (Å²) in [5.41, 5.74) is -1.00. The number of furan rings is 1. The van der Waals surface area contributed by atoms with Crippen molar-refractivity contribution in [3.05, 3.63) is 22.6 Å². The van der Waals surface area contributed by atoms with Gasteiger partial charge in [0.15, 0.2) is 5.76 Å². The van der Waals surface area contributed by atoms with Crippen molar-refractivity contribution in [3.63, 3.8) is 0 Å². The van der Waals surface area contributed by atoms with Crippen molar-refractivity contribution in [2.24, 2.45) is 5.41 Å². The zero-order valence-electron chi connectivity index (χ0n) is 8.92. The van der Waals surface area contributed by atoms with Crippen LogP contribution in [0.2, 0.25) is 0 Å². The first-order valence-corrected chi connectivity index (χ1v) is 6.96. The Morgan fingerprint density at radius 2 is 2.27 bits per heavy atom. The molecule has 1 N–H and O–H groups in total. The van der Waals surface area contributed by atoms with E-state index in [-0.39, 0.29) is 5.41 Å². The second-order valence-corrected chi connectivity index (χ2v) is 6.60. The number of hydrogen-bond acceptors (Lipinski definition) is 3. The Hall–Kier alpha value is 0.0700. The van der Waals surface area contributed by atoms with E-state index in [1.54, 1.807) is 18.0 Å². The molecule has 1 aromatic heterocycles. The highest BCUT2D eigenvalue weighted by atomic mass is 79.9. The van der Waals surface area contributed by atoms with Crippen LogP contribution < -0.4 is 0 Å². The Bertz CT molecular complexity index is 361. The van der Waals surface area contributed by atoms with Gasteiger partial charge in [-0.05, 0) is 34.2 Å². The Labute approximate surface area is 103 Å². The third-order valence-electron chi connectivity index (χ3n) is 3.29. The fourth-order valence-corrected chi connectivity index (χ4v) is 4.06. The molecule has 0 bridgehead atoms. The lowest BCUT2D eigenvalue weighted by atomic mass is 9.72. The van der Waals surface area contributed by atoms with Crippen LogP contribution in [0.5, 0.6) is 0 Å². The smallest absolute Gasteiger partial charge is 0.150 e. The minimum atomic E-state index is -0.863. The molecule has 1 aliphatic rings. The molecule has 1 aromatic rings. The molecule has 2 nitrogen and oxygen atoms in total. The van der Waals surface area contributed by atoms with Gasteiger partial charge in [-0.2, -0.15) is 11.8 Å². The van der Waals surface area contributed by atoms with Crippen LogP contribution in [0.4, 0.5) is 0 Å². The van der Waals surface area contributed by atoms with Crippen LogP contribution in [-0.4, -0.2) is 16.6 Å². The lowest BCUT2D eigenvalue weighted by molar-refractivity contribution is -0.0743. The molecular weight excluding hydrogens is 276 g/mol. The van der Waals surface area contributed by atoms with Gasteiger partial charge in [-0.1, -0.05) is 13.8 Å². The highest BCUT2D eigenvalue weighted by Gasteiger charge is 2.50. The molecule has 15 heavy (non-hydrogen) atoms. The molecule has 0 aliphatic carbocycles. The molecule has 1 atom stereocenters. The lowest BCUT2D eigenvalue weighted by Gasteiger charge is -2.44. The molecule has 2 rings (SSSR count). The first kappa shape index (κ1) is 11.6. The van der Waals surface area contributed by atoms with Crippen molar-refractivity contribution in [1.29, 1.82) is 0 Å². The van der Waals surface area contributed by atoms with Gasteiger partial charge in [-0.25, -0.2) is 0 Å². The van der Waals surface area contributed by atoms with Gasteiger partial charge in [-0.15, -0.1) is 0 Å². The first-order chi connectivity index (χ1) is 6.97. The van der Waals surface area contributed by atoms with E-state index in [4.69, 9.17) is 4.42 Å². The van der Waals surface area contributed by atoms with E-state index in [2.05, 4.69) is 29.8 Å². The van der Waals surface area contributed by atoms with Crippen molar-refractivity contribution in [1.82, 2.24) is 0 Å². The van der Waals surface area contributed by atoms with Crippen molar-refractivity contribution in [2.75, 3.05) is 11.5 Å². The molecule has 0 aromatic carbocycles. The van der Waals surface area contributed by atoms with Crippen LogP contribution in [0, 0.1) is 5.41 Å². The van der Waals surface area contributed by atoms with Gasteiger partial charge in [0.1, 0.15) is 5.60 Å². The fraction of sp³-hybridized carbons (Fsp3) is 0.636. The fourth-order valence-electron chi connectivity index (χ4n) is 1.91. The first-order valence-electron chi connectivity index (χ1n) is 5.01. The summed E-state index contributed by atoms with van der Waals surface area (Å²) in [6.45, 7) is 4.20. The molecule has 0 radical (unpaired) electrons. The molecule has 1 unspecified atom stereocenters. The van der Waals surface area contributed by atoms with Gasteiger partial charge >= 0.3 is 0 Å². The molecule has 0 saturated carbocycles. The van der Waals surface area contributed by atoms with E-state index < -0.39 is 5.60 Å². The van der Waals surface area contributed by atoms with E-state index in [9.17, 15) is 5.11 Å². The predicted octanol–water partition coefficient (Wildman–Crippen LogP) is 3.39. The summed E-state index contributed by atoms with van der Waals surface area (Å²) in [6.07, 6.45) is 2.62. The average Bonchev–Trinajstić information content (AvgIpc) is 2.57. The number of rotatable bonds is 1. The number of hydrogen-bond donors (Lipinski definition) is 1. The van der Waals surface area contributed by atoms with Gasteiger partial charge in [0.2, 0.25) is 0 Å². The predicted molar refractivity (Wildman–Crippen MR) is 66.0 cm³/mol. The third kappa shape index (κ3) is 1.77. The quantitative estimate of drug-likeness (QED) is 0.861. The van der Waals surface area contributed by atoms with Gasteiger partial charge in [0.25, 0.3) is 0 Å². The van der Waals surface area contributed by atoms with Crippen LogP contribution in [0.3, 0.4) is 0 Å². The van der Waals surface area contributed by atoms with E-state index in [1.807, 2.05) is 6.07 Å².